The molecular formula is C24H28FN3O2. The molecule has 4 rings (SSSR count). The standard InChI is InChI=1S/C24H28FN3O2/c25-19-5-2-4-18(14-19)23(29)27-21-6-1-3-16(13-21)15-28(24(30)17-7-8-17)22-11-9-20(26)10-12-22/h1-6,13-14,17,20,22H,7-12,15,26H2,(H,27,29). The van der Waals surface area contributed by atoms with Crippen LogP contribution in [0.4, 0.5) is 10.1 Å². The van der Waals surface area contributed by atoms with Crippen LogP contribution in [0.5, 0.6) is 0 Å². The molecule has 0 bridgehead atoms. The summed E-state index contributed by atoms with van der Waals surface area (Å²) in [5.41, 5.74) is 7.92. The Morgan fingerprint density at radius 3 is 2.43 bits per heavy atom. The molecule has 0 saturated heterocycles. The van der Waals surface area contributed by atoms with Gasteiger partial charge in [0.2, 0.25) is 5.91 Å². The Balaban J connectivity index is 1.47. The fraction of sp³-hybridized carbons (Fsp3) is 0.417. The largest absolute Gasteiger partial charge is 0.335 e. The number of halogens is 1. The topological polar surface area (TPSA) is 75.4 Å². The zero-order valence-electron chi connectivity index (χ0n) is 17.0. The van der Waals surface area contributed by atoms with Gasteiger partial charge in [0.1, 0.15) is 5.82 Å². The first kappa shape index (κ1) is 20.5. The van der Waals surface area contributed by atoms with Crippen molar-refractivity contribution >= 4 is 17.5 Å². The molecule has 2 aromatic rings. The van der Waals surface area contributed by atoms with E-state index < -0.39 is 5.82 Å². The fourth-order valence-electron chi connectivity index (χ4n) is 4.14. The Morgan fingerprint density at radius 1 is 1.00 bits per heavy atom. The molecule has 2 aromatic carbocycles. The first-order chi connectivity index (χ1) is 14.5. The predicted octanol–water partition coefficient (Wildman–Crippen LogP) is 4.09. The van der Waals surface area contributed by atoms with Crippen LogP contribution in [0.2, 0.25) is 0 Å². The van der Waals surface area contributed by atoms with Crippen molar-refractivity contribution in [2.75, 3.05) is 5.32 Å². The number of benzene rings is 2. The average Bonchev–Trinajstić information content (AvgIpc) is 3.58. The van der Waals surface area contributed by atoms with Crippen molar-refractivity contribution in [1.82, 2.24) is 4.90 Å². The summed E-state index contributed by atoms with van der Waals surface area (Å²) in [6.45, 7) is 0.527. The van der Waals surface area contributed by atoms with Gasteiger partial charge in [-0.15, -0.1) is 0 Å². The molecule has 2 aliphatic carbocycles. The van der Waals surface area contributed by atoms with E-state index in [1.165, 1.54) is 18.2 Å². The Bertz CT molecular complexity index is 920. The van der Waals surface area contributed by atoms with E-state index in [0.29, 0.717) is 12.2 Å². The van der Waals surface area contributed by atoms with Crippen molar-refractivity contribution in [1.29, 1.82) is 0 Å². The number of amides is 2. The minimum absolute atomic E-state index is 0.163. The molecule has 0 aliphatic heterocycles. The number of nitrogens with zero attached hydrogens (tertiary/aromatic N) is 1. The second-order valence-corrected chi connectivity index (χ2v) is 8.47. The molecule has 0 radical (unpaired) electrons. The van der Waals surface area contributed by atoms with Crippen molar-refractivity contribution in [3.63, 3.8) is 0 Å². The quantitative estimate of drug-likeness (QED) is 0.755. The number of hydrogen-bond acceptors (Lipinski definition) is 3. The van der Waals surface area contributed by atoms with Crippen molar-refractivity contribution in [3.8, 4) is 0 Å². The lowest BCUT2D eigenvalue weighted by molar-refractivity contribution is -0.136. The molecule has 2 saturated carbocycles. The molecule has 30 heavy (non-hydrogen) atoms. The Kier molecular flexibility index (Phi) is 6.13. The third-order valence-electron chi connectivity index (χ3n) is 6.02. The van der Waals surface area contributed by atoms with Gasteiger partial charge >= 0.3 is 0 Å². The minimum Gasteiger partial charge on any atom is -0.335 e. The summed E-state index contributed by atoms with van der Waals surface area (Å²) in [4.78, 5) is 27.4. The van der Waals surface area contributed by atoms with Crippen LogP contribution in [-0.4, -0.2) is 28.8 Å². The van der Waals surface area contributed by atoms with Crippen LogP contribution in [0.25, 0.3) is 0 Å². The maximum absolute atomic E-state index is 13.4. The third-order valence-corrected chi connectivity index (χ3v) is 6.02. The summed E-state index contributed by atoms with van der Waals surface area (Å²) in [6.07, 6.45) is 5.73. The molecule has 0 heterocycles. The molecule has 2 fully saturated rings. The number of carbonyl (C=O) groups excluding carboxylic acids is 2. The van der Waals surface area contributed by atoms with Crippen LogP contribution in [-0.2, 0) is 11.3 Å². The van der Waals surface area contributed by atoms with Crippen LogP contribution < -0.4 is 11.1 Å². The van der Waals surface area contributed by atoms with Crippen LogP contribution in [0.15, 0.2) is 48.5 Å². The normalized spacial score (nSPS) is 21.1. The summed E-state index contributed by atoms with van der Waals surface area (Å²) in [5.74, 6) is -0.405. The van der Waals surface area contributed by atoms with Crippen molar-refractivity contribution in [2.45, 2.75) is 57.2 Å². The summed E-state index contributed by atoms with van der Waals surface area (Å²) < 4.78 is 13.4. The summed E-state index contributed by atoms with van der Waals surface area (Å²) in [7, 11) is 0. The van der Waals surface area contributed by atoms with E-state index in [4.69, 9.17) is 5.73 Å². The van der Waals surface area contributed by atoms with Gasteiger partial charge in [-0.1, -0.05) is 18.2 Å². The van der Waals surface area contributed by atoms with Gasteiger partial charge in [-0.05, 0) is 74.4 Å². The maximum Gasteiger partial charge on any atom is 0.255 e. The molecule has 0 atom stereocenters. The van der Waals surface area contributed by atoms with Crippen LogP contribution in [0.1, 0.15) is 54.4 Å². The van der Waals surface area contributed by atoms with E-state index in [0.717, 1.165) is 44.1 Å². The minimum atomic E-state index is -0.446. The first-order valence-electron chi connectivity index (χ1n) is 10.7. The van der Waals surface area contributed by atoms with E-state index in [2.05, 4.69) is 5.32 Å². The molecule has 0 unspecified atom stereocenters. The van der Waals surface area contributed by atoms with Gasteiger partial charge in [-0.2, -0.15) is 0 Å². The number of nitrogens with one attached hydrogen (secondary N) is 1. The fourth-order valence-corrected chi connectivity index (χ4v) is 4.14. The lowest BCUT2D eigenvalue weighted by atomic mass is 9.90. The highest BCUT2D eigenvalue weighted by atomic mass is 19.1. The highest BCUT2D eigenvalue weighted by Crippen LogP contribution is 2.34. The Morgan fingerprint density at radius 2 is 1.73 bits per heavy atom. The summed E-state index contributed by atoms with van der Waals surface area (Å²) in [6, 6.07) is 13.6. The van der Waals surface area contributed by atoms with Crippen molar-refractivity contribution in [2.24, 2.45) is 11.7 Å². The van der Waals surface area contributed by atoms with Gasteiger partial charge in [0, 0.05) is 35.8 Å². The highest BCUT2D eigenvalue weighted by molar-refractivity contribution is 6.04. The lowest BCUT2D eigenvalue weighted by Crippen LogP contribution is -2.44. The molecule has 2 amide bonds. The van der Waals surface area contributed by atoms with Gasteiger partial charge in [0.05, 0.1) is 0 Å². The van der Waals surface area contributed by atoms with Crippen molar-refractivity contribution < 1.29 is 14.0 Å². The van der Waals surface area contributed by atoms with E-state index >= 15 is 0 Å². The van der Waals surface area contributed by atoms with Crippen LogP contribution in [0.3, 0.4) is 0 Å². The SMILES string of the molecule is NC1CCC(N(Cc2cccc(NC(=O)c3cccc(F)c3)c2)C(=O)C2CC2)CC1. The van der Waals surface area contributed by atoms with Gasteiger partial charge in [-0.25, -0.2) is 4.39 Å². The average molecular weight is 410 g/mol. The number of carbonyl (C=O) groups is 2. The lowest BCUT2D eigenvalue weighted by Gasteiger charge is -2.36. The maximum atomic E-state index is 13.4. The second-order valence-electron chi connectivity index (χ2n) is 8.47. The van der Waals surface area contributed by atoms with Crippen molar-refractivity contribution in [3.05, 3.63) is 65.5 Å². The number of anilines is 1. The molecule has 6 heteroatoms. The molecule has 5 nitrogen and oxygen atoms in total. The molecular weight excluding hydrogens is 381 g/mol. The smallest absolute Gasteiger partial charge is 0.255 e. The predicted molar refractivity (Wildman–Crippen MR) is 114 cm³/mol. The number of rotatable bonds is 6. The zero-order chi connectivity index (χ0) is 21.1. The first-order valence-corrected chi connectivity index (χ1v) is 10.7. The van der Waals surface area contributed by atoms with Gasteiger partial charge in [0.25, 0.3) is 5.91 Å². The molecule has 0 aromatic heterocycles. The highest BCUT2D eigenvalue weighted by Gasteiger charge is 2.37. The second kappa shape index (κ2) is 8.96. The summed E-state index contributed by atoms with van der Waals surface area (Å²) >= 11 is 0. The Labute approximate surface area is 176 Å². The molecule has 158 valence electrons. The summed E-state index contributed by atoms with van der Waals surface area (Å²) in [5, 5.41) is 2.82. The van der Waals surface area contributed by atoms with Gasteiger partial charge < -0.3 is 16.0 Å². The van der Waals surface area contributed by atoms with Crippen LogP contribution in [0, 0.1) is 11.7 Å². The number of hydrogen-bond donors (Lipinski definition) is 2. The number of nitrogens with two attached hydrogens (primary N) is 1. The monoisotopic (exact) mass is 409 g/mol. The molecule has 2 aliphatic rings. The van der Waals surface area contributed by atoms with Gasteiger partial charge in [-0.3, -0.25) is 9.59 Å². The van der Waals surface area contributed by atoms with Crippen LogP contribution >= 0.6 is 0 Å². The zero-order valence-corrected chi connectivity index (χ0v) is 17.0. The molecule has 0 spiro atoms. The van der Waals surface area contributed by atoms with E-state index in [1.54, 1.807) is 12.1 Å². The molecule has 3 N–H and O–H groups in total. The van der Waals surface area contributed by atoms with E-state index in [-0.39, 0.29) is 35.4 Å². The van der Waals surface area contributed by atoms with Gasteiger partial charge in [0.15, 0.2) is 0 Å². The Hall–Kier alpha value is -2.73. The van der Waals surface area contributed by atoms with E-state index in [1.807, 2.05) is 23.1 Å². The van der Waals surface area contributed by atoms with E-state index in [9.17, 15) is 14.0 Å². The third kappa shape index (κ3) is 5.05.